The highest BCUT2D eigenvalue weighted by molar-refractivity contribution is 9.10. The van der Waals surface area contributed by atoms with Crippen molar-refractivity contribution in [3.63, 3.8) is 0 Å². The predicted octanol–water partition coefficient (Wildman–Crippen LogP) is 3.18. The molecule has 2 amide bonds. The molecule has 2 N–H and O–H groups in total. The van der Waals surface area contributed by atoms with Crippen LogP contribution in [0.4, 0.5) is 11.4 Å². The molecule has 0 saturated carbocycles. The molecular weight excluding hydrogens is 324 g/mol. The number of nitrogens with one attached hydrogen (secondary N) is 2. The molecule has 0 saturated heterocycles. The number of rotatable bonds is 2. The third-order valence-electron chi connectivity index (χ3n) is 3.12. The van der Waals surface area contributed by atoms with Crippen molar-refractivity contribution in [2.24, 2.45) is 0 Å². The van der Waals surface area contributed by atoms with Gasteiger partial charge in [-0.05, 0) is 52.2 Å². The molecule has 0 unspecified atom stereocenters. The maximum Gasteiger partial charge on any atom is 0.260 e. The van der Waals surface area contributed by atoms with E-state index >= 15 is 0 Å². The number of anilines is 2. The second-order valence-electron chi connectivity index (χ2n) is 4.48. The van der Waals surface area contributed by atoms with Crippen LogP contribution in [0.2, 0.25) is 0 Å². The Morgan fingerprint density at radius 1 is 1.30 bits per heavy atom. The first-order valence-electron chi connectivity index (χ1n) is 6.10. The Balaban J connectivity index is 1.80. The maximum absolute atomic E-state index is 12.0. The normalized spacial score (nSPS) is 13.6. The van der Waals surface area contributed by atoms with Crippen molar-refractivity contribution in [1.29, 1.82) is 0 Å². The van der Waals surface area contributed by atoms with E-state index < -0.39 is 0 Å². The fraction of sp³-hybridized carbons (Fsp3) is 0.143. The number of amides is 2. The highest BCUT2D eigenvalue weighted by Crippen LogP contribution is 2.26. The molecule has 0 fully saturated rings. The van der Waals surface area contributed by atoms with Gasteiger partial charge in [-0.3, -0.25) is 9.59 Å². The molecule has 0 atom stereocenters. The predicted molar refractivity (Wildman–Crippen MR) is 77.8 cm³/mol. The molecule has 1 aliphatic rings. The van der Waals surface area contributed by atoms with Gasteiger partial charge in [0.05, 0.1) is 11.8 Å². The average molecular weight is 335 g/mol. The van der Waals surface area contributed by atoms with E-state index in [1.807, 2.05) is 6.07 Å². The SMILES string of the molecule is O=C1CCc2cc(NC(=O)c3ccoc3Br)ccc2N1. The maximum atomic E-state index is 12.0. The van der Waals surface area contributed by atoms with E-state index in [-0.39, 0.29) is 11.8 Å². The lowest BCUT2D eigenvalue weighted by Crippen LogP contribution is -2.19. The van der Waals surface area contributed by atoms with Crippen LogP contribution in [0.15, 0.2) is 39.6 Å². The van der Waals surface area contributed by atoms with Crippen LogP contribution in [0.25, 0.3) is 0 Å². The van der Waals surface area contributed by atoms with Gasteiger partial charge in [-0.25, -0.2) is 0 Å². The third-order valence-corrected chi connectivity index (χ3v) is 3.74. The minimum Gasteiger partial charge on any atom is -0.457 e. The molecule has 6 heteroatoms. The van der Waals surface area contributed by atoms with E-state index in [9.17, 15) is 9.59 Å². The van der Waals surface area contributed by atoms with E-state index in [0.29, 0.717) is 28.8 Å². The lowest BCUT2D eigenvalue weighted by atomic mass is 10.0. The van der Waals surface area contributed by atoms with Gasteiger partial charge in [0.15, 0.2) is 4.67 Å². The Labute approximate surface area is 123 Å². The standard InChI is InChI=1S/C14H11BrN2O3/c15-13-10(5-6-20-13)14(19)16-9-2-3-11-8(7-9)1-4-12(18)17-11/h2-3,5-7H,1,4H2,(H,16,19)(H,17,18). The highest BCUT2D eigenvalue weighted by atomic mass is 79.9. The molecule has 0 spiro atoms. The van der Waals surface area contributed by atoms with Gasteiger partial charge in [-0.15, -0.1) is 0 Å². The number of fused-ring (bicyclic) bond motifs is 1. The fourth-order valence-corrected chi connectivity index (χ4v) is 2.54. The van der Waals surface area contributed by atoms with E-state index in [4.69, 9.17) is 4.42 Å². The van der Waals surface area contributed by atoms with Crippen LogP contribution in [0.3, 0.4) is 0 Å². The van der Waals surface area contributed by atoms with Crippen LogP contribution in [0.5, 0.6) is 0 Å². The number of benzene rings is 1. The van der Waals surface area contributed by atoms with Crippen molar-refractivity contribution in [2.75, 3.05) is 10.6 Å². The van der Waals surface area contributed by atoms with Crippen molar-refractivity contribution in [2.45, 2.75) is 12.8 Å². The summed E-state index contributed by atoms with van der Waals surface area (Å²) in [6.45, 7) is 0. The Hall–Kier alpha value is -2.08. The number of carbonyl (C=O) groups excluding carboxylic acids is 2. The van der Waals surface area contributed by atoms with Crippen LogP contribution in [-0.4, -0.2) is 11.8 Å². The van der Waals surface area contributed by atoms with Crippen LogP contribution in [-0.2, 0) is 11.2 Å². The number of halogens is 1. The molecule has 1 aromatic heterocycles. The molecule has 0 bridgehead atoms. The molecule has 1 aromatic carbocycles. The third kappa shape index (κ3) is 2.46. The van der Waals surface area contributed by atoms with Gasteiger partial charge in [-0.1, -0.05) is 0 Å². The van der Waals surface area contributed by atoms with Crippen LogP contribution in [0.1, 0.15) is 22.3 Å². The van der Waals surface area contributed by atoms with Crippen molar-refractivity contribution < 1.29 is 14.0 Å². The zero-order chi connectivity index (χ0) is 14.1. The van der Waals surface area contributed by atoms with Gasteiger partial charge < -0.3 is 15.1 Å². The summed E-state index contributed by atoms with van der Waals surface area (Å²) in [5.41, 5.74) is 2.96. The van der Waals surface area contributed by atoms with Crippen LogP contribution in [0, 0.1) is 0 Å². The Morgan fingerprint density at radius 2 is 2.15 bits per heavy atom. The smallest absolute Gasteiger partial charge is 0.260 e. The summed E-state index contributed by atoms with van der Waals surface area (Å²) in [6, 6.07) is 7.03. The zero-order valence-corrected chi connectivity index (χ0v) is 12.0. The quantitative estimate of drug-likeness (QED) is 0.885. The lowest BCUT2D eigenvalue weighted by Gasteiger charge is -2.17. The largest absolute Gasteiger partial charge is 0.457 e. The first-order chi connectivity index (χ1) is 9.63. The van der Waals surface area contributed by atoms with E-state index in [1.54, 1.807) is 18.2 Å². The number of furan rings is 1. The minimum absolute atomic E-state index is 0.0246. The van der Waals surface area contributed by atoms with Crippen LogP contribution < -0.4 is 10.6 Å². The second-order valence-corrected chi connectivity index (χ2v) is 5.20. The van der Waals surface area contributed by atoms with Gasteiger partial charge in [0.1, 0.15) is 0 Å². The molecule has 20 heavy (non-hydrogen) atoms. The fourth-order valence-electron chi connectivity index (χ4n) is 2.12. The average Bonchev–Trinajstić information content (AvgIpc) is 2.85. The highest BCUT2D eigenvalue weighted by Gasteiger charge is 2.17. The van der Waals surface area contributed by atoms with E-state index in [0.717, 1.165) is 11.3 Å². The first-order valence-corrected chi connectivity index (χ1v) is 6.90. The summed E-state index contributed by atoms with van der Waals surface area (Å²) in [4.78, 5) is 23.3. The van der Waals surface area contributed by atoms with Gasteiger partial charge in [-0.2, -0.15) is 0 Å². The Kier molecular flexibility index (Phi) is 3.31. The lowest BCUT2D eigenvalue weighted by molar-refractivity contribution is -0.116. The molecule has 0 radical (unpaired) electrons. The summed E-state index contributed by atoms with van der Waals surface area (Å²) in [7, 11) is 0. The molecular formula is C14H11BrN2O3. The van der Waals surface area contributed by atoms with Gasteiger partial charge in [0, 0.05) is 17.8 Å². The van der Waals surface area contributed by atoms with Crippen molar-refractivity contribution >= 4 is 39.1 Å². The Morgan fingerprint density at radius 3 is 2.90 bits per heavy atom. The summed E-state index contributed by atoms with van der Waals surface area (Å²) in [5.74, 6) is -0.220. The molecule has 2 heterocycles. The summed E-state index contributed by atoms with van der Waals surface area (Å²) in [5, 5.41) is 5.61. The minimum atomic E-state index is -0.245. The van der Waals surface area contributed by atoms with Crippen molar-refractivity contribution in [3.8, 4) is 0 Å². The van der Waals surface area contributed by atoms with Gasteiger partial charge in [0.2, 0.25) is 5.91 Å². The van der Waals surface area contributed by atoms with Crippen LogP contribution >= 0.6 is 15.9 Å². The molecule has 1 aliphatic heterocycles. The molecule has 0 aliphatic carbocycles. The molecule has 3 rings (SSSR count). The molecule has 5 nitrogen and oxygen atoms in total. The van der Waals surface area contributed by atoms with Gasteiger partial charge >= 0.3 is 0 Å². The summed E-state index contributed by atoms with van der Waals surface area (Å²) >= 11 is 3.17. The number of hydrogen-bond donors (Lipinski definition) is 2. The number of carbonyl (C=O) groups is 2. The first kappa shape index (κ1) is 12.9. The van der Waals surface area contributed by atoms with Gasteiger partial charge in [0.25, 0.3) is 5.91 Å². The summed E-state index contributed by atoms with van der Waals surface area (Å²) < 4.78 is 5.44. The van der Waals surface area contributed by atoms with Crippen molar-refractivity contribution in [3.05, 3.63) is 46.3 Å². The number of aryl methyl sites for hydroxylation is 1. The Bertz CT molecular complexity index is 693. The molecule has 102 valence electrons. The summed E-state index contributed by atoms with van der Waals surface area (Å²) in [6.07, 6.45) is 2.60. The molecule has 2 aromatic rings. The second kappa shape index (κ2) is 5.13. The monoisotopic (exact) mass is 334 g/mol. The van der Waals surface area contributed by atoms with E-state index in [1.165, 1.54) is 6.26 Å². The number of hydrogen-bond acceptors (Lipinski definition) is 3. The topological polar surface area (TPSA) is 71.3 Å². The van der Waals surface area contributed by atoms with E-state index in [2.05, 4.69) is 26.6 Å². The zero-order valence-electron chi connectivity index (χ0n) is 10.4. The van der Waals surface area contributed by atoms with Crippen molar-refractivity contribution in [1.82, 2.24) is 0 Å².